The summed E-state index contributed by atoms with van der Waals surface area (Å²) in [6, 6.07) is 6.23. The van der Waals surface area contributed by atoms with Crippen molar-refractivity contribution in [2.75, 3.05) is 11.9 Å². The van der Waals surface area contributed by atoms with Crippen molar-refractivity contribution in [2.45, 2.75) is 52.0 Å². The van der Waals surface area contributed by atoms with Gasteiger partial charge in [0.2, 0.25) is 5.91 Å². The number of hydrogen-bond acceptors (Lipinski definition) is 2. The van der Waals surface area contributed by atoms with E-state index in [1.165, 1.54) is 11.1 Å². The molecule has 2 N–H and O–H groups in total. The first-order valence-corrected chi connectivity index (χ1v) is 7.46. The van der Waals surface area contributed by atoms with Crippen LogP contribution in [0.15, 0.2) is 18.2 Å². The summed E-state index contributed by atoms with van der Waals surface area (Å²) in [5, 5.41) is 0. The number of aryl methyl sites for hydroxylation is 2. The van der Waals surface area contributed by atoms with Gasteiger partial charge >= 0.3 is 0 Å². The highest BCUT2D eigenvalue weighted by atomic mass is 35.5. The summed E-state index contributed by atoms with van der Waals surface area (Å²) in [4.78, 5) is 14.6. The van der Waals surface area contributed by atoms with Gasteiger partial charge in [-0.1, -0.05) is 18.9 Å². The molecule has 1 saturated carbocycles. The Labute approximate surface area is 134 Å². The number of benzene rings is 1. The molecule has 2 unspecified atom stereocenters. The molecule has 0 aromatic heterocycles. The Morgan fingerprint density at radius 3 is 2.33 bits per heavy atom. The Kier molecular flexibility index (Phi) is 5.83. The van der Waals surface area contributed by atoms with Gasteiger partial charge in [-0.2, -0.15) is 0 Å². The highest BCUT2D eigenvalue weighted by molar-refractivity contribution is 5.95. The fraction of sp³-hybridized carbons (Fsp3) is 0.588. The van der Waals surface area contributed by atoms with Crippen molar-refractivity contribution in [2.24, 2.45) is 11.7 Å². The number of hydrogen-bond donors (Lipinski definition) is 1. The first kappa shape index (κ1) is 18.0. The van der Waals surface area contributed by atoms with E-state index in [-0.39, 0.29) is 29.8 Å². The number of rotatable bonds is 2. The zero-order valence-corrected chi connectivity index (χ0v) is 14.3. The molecule has 1 fully saturated rings. The highest BCUT2D eigenvalue weighted by Crippen LogP contribution is 2.33. The lowest BCUT2D eigenvalue weighted by molar-refractivity contribution is -0.125. The SMILES string of the molecule is Cc1cc(C)cc(N(C)C(=O)C2CCCCC2(C)N)c1.Cl. The zero-order chi connectivity index (χ0) is 14.9. The predicted molar refractivity (Wildman–Crippen MR) is 91.1 cm³/mol. The number of anilines is 1. The molecule has 21 heavy (non-hydrogen) atoms. The summed E-state index contributed by atoms with van der Waals surface area (Å²) in [6.45, 7) is 6.13. The smallest absolute Gasteiger partial charge is 0.231 e. The Morgan fingerprint density at radius 1 is 1.24 bits per heavy atom. The van der Waals surface area contributed by atoms with Crippen molar-refractivity contribution < 1.29 is 4.79 Å². The van der Waals surface area contributed by atoms with Crippen LogP contribution in [0.2, 0.25) is 0 Å². The van der Waals surface area contributed by atoms with E-state index in [1.807, 2.05) is 14.0 Å². The first-order chi connectivity index (χ1) is 9.31. The maximum Gasteiger partial charge on any atom is 0.231 e. The van der Waals surface area contributed by atoms with Crippen LogP contribution in [0.3, 0.4) is 0 Å². The van der Waals surface area contributed by atoms with Gasteiger partial charge in [-0.25, -0.2) is 0 Å². The van der Waals surface area contributed by atoms with E-state index >= 15 is 0 Å². The second-order valence-electron chi connectivity index (χ2n) is 6.55. The van der Waals surface area contributed by atoms with Crippen molar-refractivity contribution in [3.05, 3.63) is 29.3 Å². The molecule has 0 radical (unpaired) electrons. The molecule has 2 atom stereocenters. The third kappa shape index (κ3) is 3.98. The molecule has 3 nitrogen and oxygen atoms in total. The van der Waals surface area contributed by atoms with Crippen LogP contribution in [0, 0.1) is 19.8 Å². The van der Waals surface area contributed by atoms with E-state index in [1.54, 1.807) is 4.90 Å². The fourth-order valence-corrected chi connectivity index (χ4v) is 3.27. The fourth-order valence-electron chi connectivity index (χ4n) is 3.27. The molecule has 4 heteroatoms. The predicted octanol–water partition coefficient (Wildman–Crippen LogP) is 3.60. The van der Waals surface area contributed by atoms with E-state index in [0.29, 0.717) is 0 Å². The average molecular weight is 311 g/mol. The molecular weight excluding hydrogens is 284 g/mol. The molecule has 0 heterocycles. The van der Waals surface area contributed by atoms with Gasteiger partial charge in [0.15, 0.2) is 0 Å². The van der Waals surface area contributed by atoms with Crippen LogP contribution in [-0.4, -0.2) is 18.5 Å². The number of carbonyl (C=O) groups is 1. The molecule has 2 rings (SSSR count). The molecule has 1 aliphatic rings. The van der Waals surface area contributed by atoms with Gasteiger partial charge in [-0.3, -0.25) is 4.79 Å². The Morgan fingerprint density at radius 2 is 1.81 bits per heavy atom. The van der Waals surface area contributed by atoms with Crippen molar-refractivity contribution >= 4 is 24.0 Å². The molecule has 118 valence electrons. The molecule has 1 aromatic rings. The van der Waals surface area contributed by atoms with Crippen molar-refractivity contribution in [1.82, 2.24) is 0 Å². The number of halogens is 1. The zero-order valence-electron chi connectivity index (χ0n) is 13.5. The van der Waals surface area contributed by atoms with E-state index < -0.39 is 0 Å². The van der Waals surface area contributed by atoms with Crippen LogP contribution in [0.5, 0.6) is 0 Å². The van der Waals surface area contributed by atoms with E-state index in [4.69, 9.17) is 5.73 Å². The molecule has 1 amide bonds. The summed E-state index contributed by atoms with van der Waals surface area (Å²) in [6.07, 6.45) is 4.07. The average Bonchev–Trinajstić information content (AvgIpc) is 2.35. The van der Waals surface area contributed by atoms with Gasteiger partial charge in [-0.15, -0.1) is 12.4 Å². The minimum absolute atomic E-state index is 0. The lowest BCUT2D eigenvalue weighted by Crippen LogP contribution is -2.53. The van der Waals surface area contributed by atoms with Crippen LogP contribution in [0.25, 0.3) is 0 Å². The van der Waals surface area contributed by atoms with Crippen molar-refractivity contribution in [1.29, 1.82) is 0 Å². The summed E-state index contributed by atoms with van der Waals surface area (Å²) in [7, 11) is 1.86. The number of amides is 1. The van der Waals surface area contributed by atoms with Gasteiger partial charge in [0.25, 0.3) is 0 Å². The number of nitrogens with zero attached hydrogens (tertiary/aromatic N) is 1. The van der Waals surface area contributed by atoms with Crippen LogP contribution in [-0.2, 0) is 4.79 Å². The minimum Gasteiger partial charge on any atom is -0.325 e. The third-order valence-corrected chi connectivity index (χ3v) is 4.48. The van der Waals surface area contributed by atoms with Crippen molar-refractivity contribution in [3.8, 4) is 0 Å². The van der Waals surface area contributed by atoms with Crippen LogP contribution in [0.4, 0.5) is 5.69 Å². The molecule has 0 aliphatic heterocycles. The summed E-state index contributed by atoms with van der Waals surface area (Å²) < 4.78 is 0. The Balaban J connectivity index is 0.00000220. The Hall–Kier alpha value is -1.06. The lowest BCUT2D eigenvalue weighted by Gasteiger charge is -2.39. The number of nitrogens with two attached hydrogens (primary N) is 1. The molecule has 0 bridgehead atoms. The molecular formula is C17H27ClN2O. The second-order valence-corrected chi connectivity index (χ2v) is 6.55. The topological polar surface area (TPSA) is 46.3 Å². The minimum atomic E-state index is -0.373. The van der Waals surface area contributed by atoms with Gasteiger partial charge < -0.3 is 10.6 Å². The summed E-state index contributed by atoms with van der Waals surface area (Å²) in [5.41, 5.74) is 9.30. The van der Waals surface area contributed by atoms with Crippen LogP contribution >= 0.6 is 12.4 Å². The van der Waals surface area contributed by atoms with E-state index in [9.17, 15) is 4.79 Å². The van der Waals surface area contributed by atoms with E-state index in [0.717, 1.165) is 31.4 Å². The summed E-state index contributed by atoms with van der Waals surface area (Å²) >= 11 is 0. The lowest BCUT2D eigenvalue weighted by atomic mass is 9.74. The Bertz CT molecular complexity index is 493. The van der Waals surface area contributed by atoms with Crippen LogP contribution in [0.1, 0.15) is 43.7 Å². The van der Waals surface area contributed by atoms with Gasteiger partial charge in [0.05, 0.1) is 5.92 Å². The highest BCUT2D eigenvalue weighted by Gasteiger charge is 2.39. The largest absolute Gasteiger partial charge is 0.325 e. The van der Waals surface area contributed by atoms with Crippen LogP contribution < -0.4 is 10.6 Å². The third-order valence-electron chi connectivity index (χ3n) is 4.48. The maximum atomic E-state index is 12.8. The first-order valence-electron chi connectivity index (χ1n) is 7.46. The quantitative estimate of drug-likeness (QED) is 0.907. The second kappa shape index (κ2) is 6.80. The normalized spacial score (nSPS) is 25.1. The standard InChI is InChI=1S/C17H26N2O.ClH/c1-12-9-13(2)11-14(10-12)19(4)16(20)15-7-5-6-8-17(15,3)18;/h9-11,15H,5-8,18H2,1-4H3;1H. The summed E-state index contributed by atoms with van der Waals surface area (Å²) in [5.74, 6) is 0.0850. The molecule has 0 spiro atoms. The van der Waals surface area contributed by atoms with Gasteiger partial charge in [-0.05, 0) is 56.9 Å². The maximum absolute atomic E-state index is 12.8. The number of carbonyl (C=O) groups excluding carboxylic acids is 1. The van der Waals surface area contributed by atoms with Gasteiger partial charge in [0.1, 0.15) is 0 Å². The monoisotopic (exact) mass is 310 g/mol. The van der Waals surface area contributed by atoms with E-state index in [2.05, 4.69) is 32.0 Å². The molecule has 0 saturated heterocycles. The molecule has 1 aromatic carbocycles. The van der Waals surface area contributed by atoms with Gasteiger partial charge in [0, 0.05) is 18.3 Å². The van der Waals surface area contributed by atoms with Crippen molar-refractivity contribution in [3.63, 3.8) is 0 Å². The molecule has 1 aliphatic carbocycles.